The highest BCUT2D eigenvalue weighted by atomic mass is 16.5. The van der Waals surface area contributed by atoms with Crippen molar-refractivity contribution in [1.82, 2.24) is 0 Å². The molecule has 1 unspecified atom stereocenters. The molecule has 0 aromatic heterocycles. The number of nitrogens with one attached hydrogen (secondary N) is 2. The van der Waals surface area contributed by atoms with Crippen LogP contribution in [0.25, 0.3) is 0 Å². The van der Waals surface area contributed by atoms with E-state index >= 15 is 0 Å². The molecule has 0 fully saturated rings. The molecular weight excluding hydrogens is 192 g/mol. The second-order valence-corrected chi connectivity index (χ2v) is 3.50. The van der Waals surface area contributed by atoms with Crippen LogP contribution in [0.3, 0.4) is 0 Å². The normalized spacial score (nSPS) is 19.5. The van der Waals surface area contributed by atoms with Crippen LogP contribution in [0.1, 0.15) is 0 Å². The summed E-state index contributed by atoms with van der Waals surface area (Å²) in [7, 11) is 3.40. The van der Waals surface area contributed by atoms with Crippen LogP contribution in [0.5, 0.6) is 5.75 Å². The van der Waals surface area contributed by atoms with Gasteiger partial charge in [0.25, 0.3) is 0 Å². The van der Waals surface area contributed by atoms with Gasteiger partial charge in [-0.1, -0.05) is 6.07 Å². The van der Waals surface area contributed by atoms with Gasteiger partial charge in [0, 0.05) is 20.2 Å². The smallest absolute Gasteiger partial charge is 0.144 e. The van der Waals surface area contributed by atoms with Gasteiger partial charge >= 0.3 is 0 Å². The molecule has 0 saturated heterocycles. The molecule has 0 radical (unpaired) electrons. The lowest BCUT2D eigenvalue weighted by Gasteiger charge is -2.12. The van der Waals surface area contributed by atoms with E-state index in [2.05, 4.69) is 10.6 Å². The number of hydrogen-bond donors (Lipinski definition) is 2. The van der Waals surface area contributed by atoms with E-state index in [1.54, 1.807) is 14.2 Å². The summed E-state index contributed by atoms with van der Waals surface area (Å²) < 4.78 is 10.6. The van der Waals surface area contributed by atoms with Crippen LogP contribution in [-0.2, 0) is 4.74 Å². The summed E-state index contributed by atoms with van der Waals surface area (Å²) in [6, 6.07) is 5.95. The molecule has 1 aromatic carbocycles. The van der Waals surface area contributed by atoms with Crippen LogP contribution in [0.2, 0.25) is 0 Å². The van der Waals surface area contributed by atoms with E-state index in [4.69, 9.17) is 9.47 Å². The number of hydrogen-bond acceptors (Lipinski definition) is 4. The first-order chi connectivity index (χ1) is 7.35. The van der Waals surface area contributed by atoms with Crippen molar-refractivity contribution < 1.29 is 9.47 Å². The highest BCUT2D eigenvalue weighted by Gasteiger charge is 2.16. The van der Waals surface area contributed by atoms with Gasteiger partial charge in [-0.2, -0.15) is 0 Å². The van der Waals surface area contributed by atoms with Crippen molar-refractivity contribution >= 4 is 11.4 Å². The summed E-state index contributed by atoms with van der Waals surface area (Å²) in [6.45, 7) is 1.60. The van der Waals surface area contributed by atoms with Crippen LogP contribution < -0.4 is 15.4 Å². The van der Waals surface area contributed by atoms with Crippen LogP contribution in [0, 0.1) is 0 Å². The van der Waals surface area contributed by atoms with Crippen molar-refractivity contribution in [3.63, 3.8) is 0 Å². The zero-order chi connectivity index (χ0) is 10.7. The van der Waals surface area contributed by atoms with Gasteiger partial charge < -0.3 is 20.1 Å². The number of para-hydroxylation sites is 1. The van der Waals surface area contributed by atoms with E-state index in [-0.39, 0.29) is 6.10 Å². The molecule has 4 nitrogen and oxygen atoms in total. The fourth-order valence-corrected chi connectivity index (χ4v) is 1.71. The fraction of sp³-hybridized carbons (Fsp3) is 0.455. The van der Waals surface area contributed by atoms with E-state index in [0.29, 0.717) is 0 Å². The van der Waals surface area contributed by atoms with Crippen molar-refractivity contribution in [3.05, 3.63) is 18.2 Å². The van der Waals surface area contributed by atoms with Crippen LogP contribution >= 0.6 is 0 Å². The SMILES string of the molecule is COc1cccc2c1NCC(OC)CN2. The van der Waals surface area contributed by atoms with Gasteiger partial charge in [-0.25, -0.2) is 0 Å². The molecule has 82 valence electrons. The fourth-order valence-electron chi connectivity index (χ4n) is 1.71. The highest BCUT2D eigenvalue weighted by molar-refractivity contribution is 5.76. The highest BCUT2D eigenvalue weighted by Crippen LogP contribution is 2.33. The minimum absolute atomic E-state index is 0.183. The topological polar surface area (TPSA) is 42.5 Å². The Hall–Kier alpha value is -1.42. The monoisotopic (exact) mass is 208 g/mol. The zero-order valence-corrected chi connectivity index (χ0v) is 9.04. The number of benzene rings is 1. The van der Waals surface area contributed by atoms with Crippen LogP contribution in [0.4, 0.5) is 11.4 Å². The lowest BCUT2D eigenvalue weighted by molar-refractivity contribution is 0.124. The molecule has 1 aliphatic heterocycles. The molecule has 1 heterocycles. The Kier molecular flexibility index (Phi) is 2.97. The van der Waals surface area contributed by atoms with E-state index in [1.165, 1.54) is 0 Å². The zero-order valence-electron chi connectivity index (χ0n) is 9.04. The molecule has 0 saturated carbocycles. The van der Waals surface area contributed by atoms with Gasteiger partial charge in [0.1, 0.15) is 11.4 Å². The summed E-state index contributed by atoms with van der Waals surface area (Å²) in [5, 5.41) is 6.67. The number of ether oxygens (including phenoxy) is 2. The Morgan fingerprint density at radius 2 is 2.00 bits per heavy atom. The summed E-state index contributed by atoms with van der Waals surface area (Å²) in [5.74, 6) is 0.858. The Labute approximate surface area is 89.6 Å². The first kappa shape index (κ1) is 10.1. The average molecular weight is 208 g/mol. The molecule has 0 amide bonds. The predicted octanol–water partition coefficient (Wildman–Crippen LogP) is 1.55. The maximum absolute atomic E-state index is 5.31. The van der Waals surface area contributed by atoms with Gasteiger partial charge in [0.15, 0.2) is 0 Å². The minimum Gasteiger partial charge on any atom is -0.495 e. The van der Waals surface area contributed by atoms with Gasteiger partial charge in [-0.15, -0.1) is 0 Å². The average Bonchev–Trinajstić information content (AvgIpc) is 2.50. The second kappa shape index (κ2) is 4.40. The molecule has 15 heavy (non-hydrogen) atoms. The molecule has 2 N–H and O–H groups in total. The number of methoxy groups -OCH3 is 2. The number of rotatable bonds is 2. The molecule has 2 rings (SSSR count). The quantitative estimate of drug-likeness (QED) is 0.773. The van der Waals surface area contributed by atoms with Gasteiger partial charge in [0.05, 0.1) is 18.9 Å². The third-order valence-corrected chi connectivity index (χ3v) is 2.61. The van der Waals surface area contributed by atoms with E-state index < -0.39 is 0 Å². The van der Waals surface area contributed by atoms with Crippen molar-refractivity contribution in [2.45, 2.75) is 6.10 Å². The lowest BCUT2D eigenvalue weighted by Crippen LogP contribution is -2.26. The Morgan fingerprint density at radius 1 is 1.20 bits per heavy atom. The van der Waals surface area contributed by atoms with Crippen LogP contribution in [-0.4, -0.2) is 33.4 Å². The molecule has 1 aliphatic rings. The first-order valence-corrected chi connectivity index (χ1v) is 5.02. The summed E-state index contributed by atoms with van der Waals surface area (Å²) in [6.07, 6.45) is 0.183. The van der Waals surface area contributed by atoms with E-state index in [1.807, 2.05) is 18.2 Å². The largest absolute Gasteiger partial charge is 0.495 e. The molecule has 4 heteroatoms. The summed E-state index contributed by atoms with van der Waals surface area (Å²) in [4.78, 5) is 0. The second-order valence-electron chi connectivity index (χ2n) is 3.50. The van der Waals surface area contributed by atoms with Crippen molar-refractivity contribution in [3.8, 4) is 5.75 Å². The molecule has 1 aromatic rings. The van der Waals surface area contributed by atoms with Crippen molar-refractivity contribution in [1.29, 1.82) is 0 Å². The predicted molar refractivity (Wildman–Crippen MR) is 60.8 cm³/mol. The number of anilines is 2. The van der Waals surface area contributed by atoms with Gasteiger partial charge in [-0.05, 0) is 12.1 Å². The third-order valence-electron chi connectivity index (χ3n) is 2.61. The summed E-state index contributed by atoms with van der Waals surface area (Å²) in [5.41, 5.74) is 2.08. The standard InChI is InChI=1S/C11H16N2O2/c1-14-8-6-12-9-4-3-5-10(15-2)11(9)13-7-8/h3-5,8,12-13H,6-7H2,1-2H3. The van der Waals surface area contributed by atoms with E-state index in [9.17, 15) is 0 Å². The van der Waals surface area contributed by atoms with Gasteiger partial charge in [-0.3, -0.25) is 0 Å². The summed E-state index contributed by atoms with van der Waals surface area (Å²) >= 11 is 0. The Bertz CT molecular complexity index is 341. The maximum Gasteiger partial charge on any atom is 0.144 e. The Morgan fingerprint density at radius 3 is 2.73 bits per heavy atom. The van der Waals surface area contributed by atoms with E-state index in [0.717, 1.165) is 30.2 Å². The maximum atomic E-state index is 5.31. The Balaban J connectivity index is 2.26. The molecule has 0 spiro atoms. The molecule has 1 atom stereocenters. The van der Waals surface area contributed by atoms with Gasteiger partial charge in [0.2, 0.25) is 0 Å². The molecular formula is C11H16N2O2. The molecule has 0 aliphatic carbocycles. The van der Waals surface area contributed by atoms with Crippen LogP contribution in [0.15, 0.2) is 18.2 Å². The lowest BCUT2D eigenvalue weighted by atomic mass is 10.2. The molecule has 0 bridgehead atoms. The first-order valence-electron chi connectivity index (χ1n) is 5.02. The van der Waals surface area contributed by atoms with Crippen molar-refractivity contribution in [2.75, 3.05) is 37.9 Å². The van der Waals surface area contributed by atoms with Crippen molar-refractivity contribution in [2.24, 2.45) is 0 Å². The minimum atomic E-state index is 0.183. The number of fused-ring (bicyclic) bond motifs is 1. The third kappa shape index (κ3) is 1.99.